The number of nitrogens with one attached hydrogen (secondary N) is 1. The number of amides is 3. The minimum atomic E-state index is -0.524. The van der Waals surface area contributed by atoms with Crippen LogP contribution in [0.4, 0.5) is 16.2 Å². The maximum atomic E-state index is 12.8. The van der Waals surface area contributed by atoms with Crippen molar-refractivity contribution < 1.29 is 23.5 Å². The van der Waals surface area contributed by atoms with Crippen LogP contribution >= 0.6 is 27.7 Å². The molecular formula is C26H22BrN3O5S. The summed E-state index contributed by atoms with van der Waals surface area (Å²) >= 11 is 4.19. The van der Waals surface area contributed by atoms with Crippen molar-refractivity contribution in [3.8, 4) is 11.3 Å². The van der Waals surface area contributed by atoms with Gasteiger partial charge >= 0.3 is 0 Å². The third-order valence-electron chi connectivity index (χ3n) is 5.73. The highest BCUT2D eigenvalue weighted by atomic mass is 79.9. The van der Waals surface area contributed by atoms with Crippen LogP contribution in [0.1, 0.15) is 5.76 Å². The zero-order valence-electron chi connectivity index (χ0n) is 19.1. The van der Waals surface area contributed by atoms with Crippen molar-refractivity contribution in [2.24, 2.45) is 0 Å². The van der Waals surface area contributed by atoms with Crippen molar-refractivity contribution in [3.63, 3.8) is 0 Å². The molecule has 2 aliphatic rings. The van der Waals surface area contributed by atoms with E-state index in [1.54, 1.807) is 24.3 Å². The van der Waals surface area contributed by atoms with Crippen LogP contribution in [0.15, 0.2) is 74.5 Å². The van der Waals surface area contributed by atoms with Crippen molar-refractivity contribution in [2.75, 3.05) is 43.1 Å². The molecule has 1 aromatic heterocycles. The number of thioether (sulfide) groups is 1. The Hall–Kier alpha value is -3.34. The maximum absolute atomic E-state index is 12.8. The van der Waals surface area contributed by atoms with Gasteiger partial charge in [0.15, 0.2) is 0 Å². The van der Waals surface area contributed by atoms with Crippen molar-refractivity contribution >= 4 is 62.2 Å². The fourth-order valence-electron chi connectivity index (χ4n) is 3.89. The molecule has 2 aromatic carbocycles. The summed E-state index contributed by atoms with van der Waals surface area (Å²) in [6.45, 7) is 2.66. The smallest absolute Gasteiger partial charge is 0.294 e. The predicted molar refractivity (Wildman–Crippen MR) is 143 cm³/mol. The van der Waals surface area contributed by atoms with E-state index in [-0.39, 0.29) is 11.4 Å². The Kier molecular flexibility index (Phi) is 7.26. The molecule has 2 fully saturated rings. The Labute approximate surface area is 220 Å². The third-order valence-corrected chi connectivity index (χ3v) is 7.17. The van der Waals surface area contributed by atoms with Gasteiger partial charge in [-0.15, -0.1) is 0 Å². The molecule has 2 saturated heterocycles. The quantitative estimate of drug-likeness (QED) is 0.408. The highest BCUT2D eigenvalue weighted by molar-refractivity contribution is 9.10. The number of rotatable bonds is 6. The van der Waals surface area contributed by atoms with E-state index < -0.39 is 17.1 Å². The number of anilines is 2. The zero-order valence-corrected chi connectivity index (χ0v) is 21.5. The van der Waals surface area contributed by atoms with Gasteiger partial charge in [-0.2, -0.15) is 0 Å². The number of morpholine rings is 1. The minimum absolute atomic E-state index is 0.208. The molecule has 184 valence electrons. The SMILES string of the molecule is O=C(CN1C(=O)S/C(=C/c2ccc(-c3ccc(Br)cc3)o2)C1=O)Nc1ccc(N2CCOCC2)cc1. The number of furan rings is 1. The highest BCUT2D eigenvalue weighted by Crippen LogP contribution is 2.33. The summed E-state index contributed by atoms with van der Waals surface area (Å²) < 4.78 is 12.2. The van der Waals surface area contributed by atoms with E-state index in [9.17, 15) is 14.4 Å². The predicted octanol–water partition coefficient (Wildman–Crippen LogP) is 5.22. The molecule has 0 aliphatic carbocycles. The molecule has 0 atom stereocenters. The third kappa shape index (κ3) is 5.56. The average molecular weight is 568 g/mol. The summed E-state index contributed by atoms with van der Waals surface area (Å²) in [4.78, 5) is 41.2. The summed E-state index contributed by atoms with van der Waals surface area (Å²) in [6, 6.07) is 18.6. The Morgan fingerprint density at radius 2 is 1.72 bits per heavy atom. The van der Waals surface area contributed by atoms with Gasteiger partial charge < -0.3 is 19.4 Å². The van der Waals surface area contributed by atoms with Gasteiger partial charge in [0.25, 0.3) is 11.1 Å². The van der Waals surface area contributed by atoms with Crippen LogP contribution in [0.25, 0.3) is 17.4 Å². The summed E-state index contributed by atoms with van der Waals surface area (Å²) in [5.41, 5.74) is 2.53. The Morgan fingerprint density at radius 1 is 1.00 bits per heavy atom. The van der Waals surface area contributed by atoms with E-state index in [2.05, 4.69) is 26.1 Å². The number of hydrogen-bond donors (Lipinski definition) is 1. The lowest BCUT2D eigenvalue weighted by Gasteiger charge is -2.28. The Morgan fingerprint density at radius 3 is 2.44 bits per heavy atom. The zero-order chi connectivity index (χ0) is 25.1. The van der Waals surface area contributed by atoms with Crippen molar-refractivity contribution in [3.05, 3.63) is 75.8 Å². The van der Waals surface area contributed by atoms with Gasteiger partial charge in [0, 0.05) is 40.6 Å². The minimum Gasteiger partial charge on any atom is -0.457 e. The average Bonchev–Trinajstić information content (AvgIpc) is 3.46. The van der Waals surface area contributed by atoms with E-state index in [1.165, 1.54) is 6.08 Å². The summed E-state index contributed by atoms with van der Waals surface area (Å²) in [7, 11) is 0. The van der Waals surface area contributed by atoms with Crippen LogP contribution in [0, 0.1) is 0 Å². The topological polar surface area (TPSA) is 92.1 Å². The molecule has 3 aromatic rings. The molecule has 0 radical (unpaired) electrons. The Balaban J connectivity index is 1.20. The molecule has 2 aliphatic heterocycles. The van der Waals surface area contributed by atoms with Crippen LogP contribution < -0.4 is 10.2 Å². The van der Waals surface area contributed by atoms with Gasteiger partial charge in [-0.05, 0) is 60.3 Å². The standard InChI is InChI=1S/C26H22BrN3O5S/c27-18-3-1-17(2-4-18)22-10-9-21(35-22)15-23-25(32)30(26(33)36-23)16-24(31)28-19-5-7-20(8-6-19)29-11-13-34-14-12-29/h1-10,15H,11-14,16H2,(H,28,31)/b23-15+. The van der Waals surface area contributed by atoms with Crippen LogP contribution in [0.3, 0.4) is 0 Å². The lowest BCUT2D eigenvalue weighted by atomic mass is 10.2. The molecule has 1 N–H and O–H groups in total. The molecule has 0 bridgehead atoms. The molecular weight excluding hydrogens is 546 g/mol. The molecule has 10 heteroatoms. The summed E-state index contributed by atoms with van der Waals surface area (Å²) in [6.07, 6.45) is 1.52. The number of halogens is 1. The van der Waals surface area contributed by atoms with Crippen molar-refractivity contribution in [2.45, 2.75) is 0 Å². The van der Waals surface area contributed by atoms with Crippen LogP contribution in [0.2, 0.25) is 0 Å². The largest absolute Gasteiger partial charge is 0.457 e. The number of carbonyl (C=O) groups excluding carboxylic acids is 3. The van der Waals surface area contributed by atoms with Gasteiger partial charge in [0.2, 0.25) is 5.91 Å². The molecule has 5 rings (SSSR count). The number of carbonyl (C=O) groups is 3. The monoisotopic (exact) mass is 567 g/mol. The second-order valence-corrected chi connectivity index (χ2v) is 10.1. The van der Waals surface area contributed by atoms with Crippen LogP contribution in [0.5, 0.6) is 0 Å². The molecule has 0 saturated carbocycles. The second kappa shape index (κ2) is 10.7. The normalized spacial score (nSPS) is 17.2. The van der Waals surface area contributed by atoms with Crippen LogP contribution in [-0.2, 0) is 14.3 Å². The van der Waals surface area contributed by atoms with Crippen molar-refractivity contribution in [1.29, 1.82) is 0 Å². The first-order chi connectivity index (χ1) is 17.5. The van der Waals surface area contributed by atoms with Gasteiger partial charge in [0.05, 0.1) is 18.1 Å². The van der Waals surface area contributed by atoms with E-state index in [4.69, 9.17) is 9.15 Å². The fourth-order valence-corrected chi connectivity index (χ4v) is 4.97. The number of hydrogen-bond acceptors (Lipinski definition) is 7. The first-order valence-corrected chi connectivity index (χ1v) is 12.9. The lowest BCUT2D eigenvalue weighted by Crippen LogP contribution is -2.36. The maximum Gasteiger partial charge on any atom is 0.294 e. The molecule has 3 amide bonds. The first kappa shape index (κ1) is 24.4. The first-order valence-electron chi connectivity index (χ1n) is 11.3. The van der Waals surface area contributed by atoms with E-state index in [1.807, 2.05) is 36.4 Å². The van der Waals surface area contributed by atoms with E-state index in [0.29, 0.717) is 30.4 Å². The number of benzene rings is 2. The number of imide groups is 1. The Bertz CT molecular complexity index is 1310. The lowest BCUT2D eigenvalue weighted by molar-refractivity contribution is -0.127. The number of nitrogens with zero attached hydrogens (tertiary/aromatic N) is 2. The molecule has 8 nitrogen and oxygen atoms in total. The van der Waals surface area contributed by atoms with Gasteiger partial charge in [-0.25, -0.2) is 0 Å². The van der Waals surface area contributed by atoms with Crippen LogP contribution in [-0.4, -0.2) is 54.8 Å². The van der Waals surface area contributed by atoms with Gasteiger partial charge in [-0.1, -0.05) is 28.1 Å². The number of ether oxygens (including phenoxy) is 1. The summed E-state index contributed by atoms with van der Waals surface area (Å²) in [5, 5.41) is 2.25. The van der Waals surface area contributed by atoms with Gasteiger partial charge in [-0.3, -0.25) is 19.3 Å². The molecule has 3 heterocycles. The second-order valence-electron chi connectivity index (χ2n) is 8.17. The molecule has 0 unspecified atom stereocenters. The van der Waals surface area contributed by atoms with Gasteiger partial charge in [0.1, 0.15) is 18.1 Å². The molecule has 36 heavy (non-hydrogen) atoms. The van der Waals surface area contributed by atoms with E-state index >= 15 is 0 Å². The van der Waals surface area contributed by atoms with Crippen molar-refractivity contribution in [1.82, 2.24) is 4.90 Å². The fraction of sp³-hybridized carbons (Fsp3) is 0.192. The van der Waals surface area contributed by atoms with E-state index in [0.717, 1.165) is 45.5 Å². The highest BCUT2D eigenvalue weighted by Gasteiger charge is 2.36. The molecule has 0 spiro atoms. The summed E-state index contributed by atoms with van der Waals surface area (Å²) in [5.74, 6) is 0.118.